The first kappa shape index (κ1) is 41.4. The average Bonchev–Trinajstić information content (AvgIpc) is 2.98. The lowest BCUT2D eigenvalue weighted by molar-refractivity contribution is 0.423. The number of nitrogens with one attached hydrogen (secondary N) is 1. The highest BCUT2D eigenvalue weighted by Gasteiger charge is 2.27. The second-order valence-electron chi connectivity index (χ2n) is 14.2. The molecule has 0 aliphatic heterocycles. The highest BCUT2D eigenvalue weighted by Crippen LogP contribution is 2.41. The Kier molecular flexibility index (Phi) is 20.5. The Morgan fingerprint density at radius 3 is 1.39 bits per heavy atom. The number of unbranched alkanes of at least 4 members (excludes halogenated alkanes) is 10. The molecule has 2 aromatic rings. The molecule has 0 saturated heterocycles. The molecule has 1 aromatic heterocycles. The summed E-state index contributed by atoms with van der Waals surface area (Å²) in [5, 5.41) is 16.3. The second kappa shape index (κ2) is 22.8. The first-order chi connectivity index (χ1) is 22.0. The molecule has 2 N–H and O–H groups in total. The van der Waals surface area contributed by atoms with Gasteiger partial charge in [0, 0.05) is 39.8 Å². The van der Waals surface area contributed by atoms with Gasteiger partial charge in [0.2, 0.25) is 5.95 Å². The van der Waals surface area contributed by atoms with E-state index in [0.717, 1.165) is 50.1 Å². The largest absolute Gasteiger partial charge is 0.507 e. The van der Waals surface area contributed by atoms with E-state index in [1.807, 2.05) is 35.7 Å². The minimum atomic E-state index is -0.205. The van der Waals surface area contributed by atoms with Crippen LogP contribution in [-0.4, -0.2) is 54.6 Å². The van der Waals surface area contributed by atoms with Gasteiger partial charge in [-0.2, -0.15) is 38.5 Å². The van der Waals surface area contributed by atoms with Gasteiger partial charge >= 0.3 is 0 Å². The zero-order chi connectivity index (χ0) is 33.8. The number of thioether (sulfide) groups is 4. The third-order valence-corrected chi connectivity index (χ3v) is 12.1. The molecule has 0 radical (unpaired) electrons. The summed E-state index contributed by atoms with van der Waals surface area (Å²) in [6.45, 7) is 17.4. The van der Waals surface area contributed by atoms with Crippen LogP contribution in [0.25, 0.3) is 0 Å². The van der Waals surface area contributed by atoms with Gasteiger partial charge in [-0.3, -0.25) is 0 Å². The van der Waals surface area contributed by atoms with Crippen molar-refractivity contribution >= 4 is 58.7 Å². The van der Waals surface area contributed by atoms with E-state index >= 15 is 0 Å². The van der Waals surface area contributed by atoms with Crippen LogP contribution in [-0.2, 0) is 10.8 Å². The third kappa shape index (κ3) is 17.1. The number of rotatable bonds is 24. The molecule has 0 aliphatic carbocycles. The monoisotopic (exact) mass is 708 g/mol. The molecule has 262 valence electrons. The molecule has 0 fully saturated rings. The molecule has 0 bridgehead atoms. The maximum absolute atomic E-state index is 11.2. The SMILES string of the molecule is CCCCCCCCSCCSc1nc(Nc2cc(C(C)(C)C)c(O)c(C(C)(C)C)c2)nc(SCCSCCCCCCCC)n1. The molecule has 0 saturated carbocycles. The van der Waals surface area contributed by atoms with Gasteiger partial charge in [0.05, 0.1) is 0 Å². The van der Waals surface area contributed by atoms with E-state index in [1.165, 1.54) is 88.6 Å². The summed E-state index contributed by atoms with van der Waals surface area (Å²) in [5.41, 5.74) is 2.33. The predicted octanol–water partition coefficient (Wildman–Crippen LogP) is 12.3. The summed E-state index contributed by atoms with van der Waals surface area (Å²) in [5.74, 6) is 7.62. The van der Waals surface area contributed by atoms with Gasteiger partial charge in [0.1, 0.15) is 5.75 Å². The highest BCUT2D eigenvalue weighted by molar-refractivity contribution is 8.03. The molecule has 0 spiro atoms. The molecule has 2 rings (SSSR count). The molecule has 1 heterocycles. The van der Waals surface area contributed by atoms with Crippen LogP contribution in [0.3, 0.4) is 0 Å². The van der Waals surface area contributed by atoms with Gasteiger partial charge < -0.3 is 10.4 Å². The van der Waals surface area contributed by atoms with Crippen LogP contribution in [0.5, 0.6) is 5.75 Å². The fourth-order valence-corrected chi connectivity index (χ4v) is 8.92. The summed E-state index contributed by atoms with van der Waals surface area (Å²) < 4.78 is 0. The molecule has 46 heavy (non-hydrogen) atoms. The first-order valence-electron chi connectivity index (χ1n) is 17.8. The molecule has 0 aliphatic rings. The molecular weight excluding hydrogens is 645 g/mol. The number of hydrogen-bond acceptors (Lipinski definition) is 9. The maximum Gasteiger partial charge on any atom is 0.232 e. The van der Waals surface area contributed by atoms with Crippen LogP contribution in [0.15, 0.2) is 22.4 Å². The van der Waals surface area contributed by atoms with E-state index in [1.54, 1.807) is 23.5 Å². The summed E-state index contributed by atoms with van der Waals surface area (Å²) >= 11 is 7.55. The Labute approximate surface area is 299 Å². The molecule has 0 amide bonds. The van der Waals surface area contributed by atoms with Crippen LogP contribution >= 0.6 is 47.0 Å². The Bertz CT molecular complexity index is 1040. The van der Waals surface area contributed by atoms with Crippen molar-refractivity contribution in [3.05, 3.63) is 23.3 Å². The number of aromatic hydroxyl groups is 1. The smallest absolute Gasteiger partial charge is 0.232 e. The third-order valence-electron chi connectivity index (χ3n) is 7.78. The van der Waals surface area contributed by atoms with Gasteiger partial charge in [0.25, 0.3) is 0 Å². The Morgan fingerprint density at radius 2 is 0.978 bits per heavy atom. The van der Waals surface area contributed by atoms with E-state index in [4.69, 9.17) is 15.0 Å². The second-order valence-corrected chi connectivity index (χ2v) is 18.8. The van der Waals surface area contributed by atoms with E-state index in [2.05, 4.69) is 60.7 Å². The zero-order valence-electron chi connectivity index (χ0n) is 30.3. The molecular formula is C37H64N4OS4. The van der Waals surface area contributed by atoms with Crippen molar-refractivity contribution in [3.8, 4) is 5.75 Å². The van der Waals surface area contributed by atoms with E-state index in [-0.39, 0.29) is 10.8 Å². The number of phenolic OH excluding ortho intramolecular Hbond substituents is 1. The van der Waals surface area contributed by atoms with E-state index < -0.39 is 0 Å². The lowest BCUT2D eigenvalue weighted by Crippen LogP contribution is -2.18. The maximum atomic E-state index is 11.2. The summed E-state index contributed by atoms with van der Waals surface area (Å²) in [6, 6.07) is 4.09. The molecule has 1 aromatic carbocycles. The first-order valence-corrected chi connectivity index (χ1v) is 22.1. The number of benzene rings is 1. The van der Waals surface area contributed by atoms with Gasteiger partial charge in [-0.25, -0.2) is 0 Å². The van der Waals surface area contributed by atoms with Crippen LogP contribution < -0.4 is 5.32 Å². The van der Waals surface area contributed by atoms with Crippen LogP contribution in [0, 0.1) is 0 Å². The fourth-order valence-electron chi connectivity index (χ4n) is 5.06. The number of phenols is 1. The average molecular weight is 709 g/mol. The van der Waals surface area contributed by atoms with Crippen LogP contribution in [0.1, 0.15) is 144 Å². The van der Waals surface area contributed by atoms with Crippen molar-refractivity contribution in [1.82, 2.24) is 15.0 Å². The van der Waals surface area contributed by atoms with Gasteiger partial charge in [-0.15, -0.1) is 0 Å². The lowest BCUT2D eigenvalue weighted by Gasteiger charge is -2.28. The number of aromatic nitrogens is 3. The van der Waals surface area contributed by atoms with Gasteiger partial charge in [-0.05, 0) is 47.3 Å². The van der Waals surface area contributed by atoms with Gasteiger partial charge in [-0.1, -0.05) is 143 Å². The number of anilines is 2. The quantitative estimate of drug-likeness (QED) is 0.0630. The lowest BCUT2D eigenvalue weighted by atomic mass is 9.79. The standard InChI is InChI=1S/C37H64N4OS4/c1-9-11-13-15-17-19-21-43-23-25-45-34-39-33(40-35(41-34)46-26-24-44-22-20-18-16-14-12-10-2)38-29-27-30(36(3,4)5)32(42)31(28-29)37(6,7)8/h27-28,42H,9-26H2,1-8H3,(H,38,39,40,41). The Morgan fingerprint density at radius 1 is 0.565 bits per heavy atom. The minimum absolute atomic E-state index is 0.205. The molecule has 5 nitrogen and oxygen atoms in total. The minimum Gasteiger partial charge on any atom is -0.507 e. The van der Waals surface area contributed by atoms with Crippen molar-refractivity contribution in [3.63, 3.8) is 0 Å². The Balaban J connectivity index is 2.07. The molecule has 9 heteroatoms. The molecule has 0 unspecified atom stereocenters. The van der Waals surface area contributed by atoms with Crippen molar-refractivity contribution in [2.24, 2.45) is 0 Å². The van der Waals surface area contributed by atoms with E-state index in [9.17, 15) is 5.11 Å². The zero-order valence-corrected chi connectivity index (χ0v) is 33.6. The van der Waals surface area contributed by atoms with Crippen molar-refractivity contribution in [2.45, 2.75) is 154 Å². The Hall–Kier alpha value is -0.770. The topological polar surface area (TPSA) is 70.9 Å². The van der Waals surface area contributed by atoms with Crippen LogP contribution in [0.2, 0.25) is 0 Å². The summed E-state index contributed by atoms with van der Waals surface area (Å²) in [4.78, 5) is 14.6. The number of nitrogens with zero attached hydrogens (tertiary/aromatic N) is 3. The van der Waals surface area contributed by atoms with Crippen molar-refractivity contribution in [1.29, 1.82) is 0 Å². The van der Waals surface area contributed by atoms with Gasteiger partial charge in [0.15, 0.2) is 10.3 Å². The predicted molar refractivity (Wildman–Crippen MR) is 211 cm³/mol. The molecule has 0 atom stereocenters. The number of hydrogen-bond donors (Lipinski definition) is 2. The van der Waals surface area contributed by atoms with E-state index in [0.29, 0.717) is 11.7 Å². The van der Waals surface area contributed by atoms with Crippen LogP contribution in [0.4, 0.5) is 11.6 Å². The summed E-state index contributed by atoms with van der Waals surface area (Å²) in [7, 11) is 0. The fraction of sp³-hybridized carbons (Fsp3) is 0.757. The highest BCUT2D eigenvalue weighted by atomic mass is 32.2. The normalized spacial score (nSPS) is 12.2. The van der Waals surface area contributed by atoms with Crippen molar-refractivity contribution in [2.75, 3.05) is 39.8 Å². The summed E-state index contributed by atoms with van der Waals surface area (Å²) in [6.07, 6.45) is 16.2. The van der Waals surface area contributed by atoms with Crippen molar-refractivity contribution < 1.29 is 5.11 Å².